The Labute approximate surface area is 149 Å². The van der Waals surface area contributed by atoms with Crippen LogP contribution in [0.15, 0.2) is 47.6 Å². The average molecular weight is 359 g/mol. The lowest BCUT2D eigenvalue weighted by Crippen LogP contribution is -2.34. The van der Waals surface area contributed by atoms with Crippen LogP contribution in [0.4, 0.5) is 4.39 Å². The van der Waals surface area contributed by atoms with Gasteiger partial charge in [-0.15, -0.1) is 0 Å². The highest BCUT2D eigenvalue weighted by molar-refractivity contribution is 5.97. The molecule has 26 heavy (non-hydrogen) atoms. The summed E-state index contributed by atoms with van der Waals surface area (Å²) in [5, 5.41) is 6.21. The van der Waals surface area contributed by atoms with Gasteiger partial charge in [0.2, 0.25) is 0 Å². The van der Waals surface area contributed by atoms with Gasteiger partial charge >= 0.3 is 0 Å². The molecule has 0 aliphatic rings. The highest BCUT2D eigenvalue weighted by Gasteiger charge is 2.11. The summed E-state index contributed by atoms with van der Waals surface area (Å²) < 4.78 is 23.0. The molecule has 0 saturated carbocycles. The summed E-state index contributed by atoms with van der Waals surface area (Å²) in [5.41, 5.74) is 3.22. The second kappa shape index (κ2) is 9.16. The molecule has 0 aromatic heterocycles. The molecule has 2 aromatic carbocycles. The number of amides is 2. The zero-order valence-electron chi connectivity index (χ0n) is 14.3. The van der Waals surface area contributed by atoms with Crippen molar-refractivity contribution in [1.82, 2.24) is 10.7 Å². The molecule has 8 heteroatoms. The summed E-state index contributed by atoms with van der Waals surface area (Å²) in [6.07, 6.45) is 1.37. The first-order valence-corrected chi connectivity index (χ1v) is 7.61. The lowest BCUT2D eigenvalue weighted by atomic mass is 10.2. The van der Waals surface area contributed by atoms with Crippen LogP contribution in [0.1, 0.15) is 15.9 Å². The Hall–Kier alpha value is -3.42. The van der Waals surface area contributed by atoms with Gasteiger partial charge in [-0.3, -0.25) is 9.59 Å². The molecule has 0 bridgehead atoms. The zero-order valence-corrected chi connectivity index (χ0v) is 14.3. The van der Waals surface area contributed by atoms with E-state index < -0.39 is 11.8 Å². The Morgan fingerprint density at radius 3 is 2.42 bits per heavy atom. The molecular weight excluding hydrogens is 341 g/mol. The van der Waals surface area contributed by atoms with E-state index in [2.05, 4.69) is 15.8 Å². The quantitative estimate of drug-likeness (QED) is 0.582. The molecule has 0 aliphatic heterocycles. The molecule has 136 valence electrons. The van der Waals surface area contributed by atoms with Crippen LogP contribution >= 0.6 is 0 Å². The van der Waals surface area contributed by atoms with Gasteiger partial charge in [-0.2, -0.15) is 5.10 Å². The van der Waals surface area contributed by atoms with Crippen molar-refractivity contribution in [2.24, 2.45) is 5.10 Å². The Bertz CT molecular complexity index is 807. The van der Waals surface area contributed by atoms with Gasteiger partial charge in [-0.1, -0.05) is 12.1 Å². The number of nitrogens with one attached hydrogen (secondary N) is 2. The van der Waals surface area contributed by atoms with Gasteiger partial charge in [-0.25, -0.2) is 9.82 Å². The standard InChI is InChI=1S/C18H18FN3O4/c1-25-15-8-5-13(9-16(15)26-2)18(24)20-11-17(23)22-21-10-12-3-6-14(19)7-4-12/h3-10H,11H2,1-2H3,(H,20,24)(H,22,23)/b21-10+. The van der Waals surface area contributed by atoms with E-state index >= 15 is 0 Å². The number of rotatable bonds is 7. The van der Waals surface area contributed by atoms with Crippen LogP contribution in [0, 0.1) is 5.82 Å². The van der Waals surface area contributed by atoms with Crippen molar-refractivity contribution in [2.75, 3.05) is 20.8 Å². The fourth-order valence-electron chi connectivity index (χ4n) is 2.01. The number of benzene rings is 2. The normalized spacial score (nSPS) is 10.4. The molecule has 0 unspecified atom stereocenters. The smallest absolute Gasteiger partial charge is 0.259 e. The van der Waals surface area contributed by atoms with E-state index in [1.807, 2.05) is 0 Å². The van der Waals surface area contributed by atoms with Crippen molar-refractivity contribution in [1.29, 1.82) is 0 Å². The maximum Gasteiger partial charge on any atom is 0.259 e. The minimum Gasteiger partial charge on any atom is -0.493 e. The number of ether oxygens (including phenoxy) is 2. The monoisotopic (exact) mass is 359 g/mol. The van der Waals surface area contributed by atoms with E-state index in [9.17, 15) is 14.0 Å². The maximum atomic E-state index is 12.8. The van der Waals surface area contributed by atoms with Gasteiger partial charge in [0, 0.05) is 5.56 Å². The number of hydrazone groups is 1. The van der Waals surface area contributed by atoms with Crippen molar-refractivity contribution >= 4 is 18.0 Å². The van der Waals surface area contributed by atoms with Gasteiger partial charge < -0.3 is 14.8 Å². The molecular formula is C18H18FN3O4. The topological polar surface area (TPSA) is 89.0 Å². The van der Waals surface area contributed by atoms with Crippen LogP contribution in [-0.4, -0.2) is 38.8 Å². The summed E-state index contributed by atoms with van der Waals surface area (Å²) in [4.78, 5) is 23.8. The van der Waals surface area contributed by atoms with E-state index in [1.54, 1.807) is 12.1 Å². The van der Waals surface area contributed by atoms with Crippen molar-refractivity contribution in [3.63, 3.8) is 0 Å². The van der Waals surface area contributed by atoms with Crippen LogP contribution in [0.25, 0.3) is 0 Å². The van der Waals surface area contributed by atoms with Gasteiger partial charge in [0.1, 0.15) is 5.82 Å². The first kappa shape index (κ1) is 18.9. The molecule has 2 rings (SSSR count). The molecule has 0 heterocycles. The first-order valence-electron chi connectivity index (χ1n) is 7.61. The van der Waals surface area contributed by atoms with Crippen LogP contribution in [0.5, 0.6) is 11.5 Å². The van der Waals surface area contributed by atoms with Crippen molar-refractivity contribution < 1.29 is 23.5 Å². The number of carbonyl (C=O) groups is 2. The number of hydrogen-bond acceptors (Lipinski definition) is 5. The van der Waals surface area contributed by atoms with Crippen LogP contribution < -0.4 is 20.2 Å². The Morgan fingerprint density at radius 2 is 1.77 bits per heavy atom. The van der Waals surface area contributed by atoms with E-state index in [0.29, 0.717) is 22.6 Å². The molecule has 7 nitrogen and oxygen atoms in total. The van der Waals surface area contributed by atoms with Gasteiger partial charge in [-0.05, 0) is 35.9 Å². The Morgan fingerprint density at radius 1 is 1.08 bits per heavy atom. The van der Waals surface area contributed by atoms with Crippen LogP contribution in [-0.2, 0) is 4.79 Å². The molecule has 0 saturated heterocycles. The van der Waals surface area contributed by atoms with E-state index in [4.69, 9.17) is 9.47 Å². The molecule has 2 aromatic rings. The van der Waals surface area contributed by atoms with Crippen molar-refractivity contribution in [2.45, 2.75) is 0 Å². The Balaban J connectivity index is 1.84. The second-order valence-corrected chi connectivity index (χ2v) is 5.10. The molecule has 0 radical (unpaired) electrons. The van der Waals surface area contributed by atoms with Crippen molar-refractivity contribution in [3.05, 3.63) is 59.4 Å². The summed E-state index contributed by atoms with van der Waals surface area (Å²) in [7, 11) is 2.96. The molecule has 0 atom stereocenters. The molecule has 0 aliphatic carbocycles. The fourth-order valence-corrected chi connectivity index (χ4v) is 2.01. The van der Waals surface area contributed by atoms with Gasteiger partial charge in [0.15, 0.2) is 11.5 Å². The number of halogens is 1. The van der Waals surface area contributed by atoms with Gasteiger partial charge in [0.25, 0.3) is 11.8 Å². The third kappa shape index (κ3) is 5.30. The van der Waals surface area contributed by atoms with Crippen LogP contribution in [0.3, 0.4) is 0 Å². The molecule has 2 amide bonds. The fraction of sp³-hybridized carbons (Fsp3) is 0.167. The summed E-state index contributed by atoms with van der Waals surface area (Å²) >= 11 is 0. The number of nitrogens with zero attached hydrogens (tertiary/aromatic N) is 1. The minimum absolute atomic E-state index is 0.256. The number of methoxy groups -OCH3 is 2. The number of hydrogen-bond donors (Lipinski definition) is 2. The summed E-state index contributed by atoms with van der Waals surface area (Å²) in [5.74, 6) is -0.393. The van der Waals surface area contributed by atoms with E-state index in [0.717, 1.165) is 0 Å². The third-order valence-electron chi connectivity index (χ3n) is 3.33. The van der Waals surface area contributed by atoms with Gasteiger partial charge in [0.05, 0.1) is 27.0 Å². The second-order valence-electron chi connectivity index (χ2n) is 5.10. The first-order chi connectivity index (χ1) is 12.5. The Kier molecular flexibility index (Phi) is 6.67. The lowest BCUT2D eigenvalue weighted by Gasteiger charge is -2.09. The van der Waals surface area contributed by atoms with Crippen LogP contribution in [0.2, 0.25) is 0 Å². The summed E-state index contributed by atoms with van der Waals surface area (Å²) in [6, 6.07) is 10.3. The minimum atomic E-state index is -0.503. The predicted molar refractivity (Wildman–Crippen MR) is 94.0 cm³/mol. The predicted octanol–water partition coefficient (Wildman–Crippen LogP) is 1.72. The van der Waals surface area contributed by atoms with E-state index in [1.165, 1.54) is 50.8 Å². The highest BCUT2D eigenvalue weighted by atomic mass is 19.1. The largest absolute Gasteiger partial charge is 0.493 e. The zero-order chi connectivity index (χ0) is 18.9. The molecule has 0 spiro atoms. The van der Waals surface area contributed by atoms with Crippen molar-refractivity contribution in [3.8, 4) is 11.5 Å². The highest BCUT2D eigenvalue weighted by Crippen LogP contribution is 2.27. The number of carbonyl (C=O) groups excluding carboxylic acids is 2. The van der Waals surface area contributed by atoms with E-state index in [-0.39, 0.29) is 12.4 Å². The SMILES string of the molecule is COc1ccc(C(=O)NCC(=O)N/N=C/c2ccc(F)cc2)cc1OC. The maximum absolute atomic E-state index is 12.8. The summed E-state index contributed by atoms with van der Waals surface area (Å²) in [6.45, 7) is -0.256. The molecule has 2 N–H and O–H groups in total. The third-order valence-corrected chi connectivity index (χ3v) is 3.33. The lowest BCUT2D eigenvalue weighted by molar-refractivity contribution is -0.120. The average Bonchev–Trinajstić information content (AvgIpc) is 2.67. The molecule has 0 fully saturated rings.